The Hall–Kier alpha value is -1.92. The summed E-state index contributed by atoms with van der Waals surface area (Å²) >= 11 is 5.47. The number of methoxy groups -OCH3 is 1. The van der Waals surface area contributed by atoms with Crippen LogP contribution in [0.25, 0.3) is 0 Å². The molecule has 1 unspecified atom stereocenters. The molecule has 0 fully saturated rings. The second-order valence-electron chi connectivity index (χ2n) is 4.63. The van der Waals surface area contributed by atoms with Gasteiger partial charge in [0.1, 0.15) is 6.04 Å². The van der Waals surface area contributed by atoms with Gasteiger partial charge in [-0.3, -0.25) is 19.3 Å². The molecule has 1 aromatic carbocycles. The fourth-order valence-electron chi connectivity index (χ4n) is 2.25. The second kappa shape index (κ2) is 6.69. The number of esters is 1. The van der Waals surface area contributed by atoms with Crippen LogP contribution in [0.15, 0.2) is 24.3 Å². The first-order valence-electron chi connectivity index (χ1n) is 6.49. The first kappa shape index (κ1) is 15.5. The lowest BCUT2D eigenvalue weighted by Crippen LogP contribution is -2.35. The molecule has 0 spiro atoms. The number of nitrogens with zero attached hydrogens (tertiary/aromatic N) is 1. The largest absolute Gasteiger partial charge is 0.468 e. The van der Waals surface area contributed by atoms with E-state index in [0.29, 0.717) is 24.0 Å². The minimum Gasteiger partial charge on any atom is -0.468 e. The average molecular weight is 311 g/mol. The van der Waals surface area contributed by atoms with E-state index in [0.717, 1.165) is 0 Å². The molecule has 21 heavy (non-hydrogen) atoms. The minimum atomic E-state index is -0.660. The first-order chi connectivity index (χ1) is 10.1. The van der Waals surface area contributed by atoms with Crippen molar-refractivity contribution in [2.75, 3.05) is 13.7 Å². The summed E-state index contributed by atoms with van der Waals surface area (Å²) in [4.78, 5) is 39.1. The highest BCUT2D eigenvalue weighted by molar-refractivity contribution is 6.21. The summed E-state index contributed by atoms with van der Waals surface area (Å²) in [6, 6.07) is 6.04. The molecule has 2 amide bonds. The highest BCUT2D eigenvalue weighted by Gasteiger charge is 2.34. The molecular weight excluding hydrogens is 296 g/mol. The van der Waals surface area contributed by atoms with E-state index in [2.05, 4.69) is 9.57 Å². The van der Waals surface area contributed by atoms with E-state index in [1.54, 1.807) is 24.3 Å². The van der Waals surface area contributed by atoms with Crippen LogP contribution in [-0.4, -0.2) is 42.4 Å². The highest BCUT2D eigenvalue weighted by atomic mass is 35.5. The highest BCUT2D eigenvalue weighted by Crippen LogP contribution is 2.22. The monoisotopic (exact) mass is 310 g/mol. The molecule has 0 aromatic heterocycles. The number of carbonyl (C=O) groups is 3. The fraction of sp³-hybridized carbons (Fsp3) is 0.357. The van der Waals surface area contributed by atoms with Crippen LogP contribution in [0.1, 0.15) is 33.6 Å². The number of hydrogen-bond acceptors (Lipinski definition) is 5. The molecule has 1 atom stereocenters. The average Bonchev–Trinajstić information content (AvgIpc) is 2.76. The number of hydrogen-bond donors (Lipinski definition) is 1. The maximum atomic E-state index is 12.1. The third kappa shape index (κ3) is 3.06. The molecule has 1 heterocycles. The van der Waals surface area contributed by atoms with Crippen LogP contribution < -0.4 is 4.84 Å². The van der Waals surface area contributed by atoms with Crippen molar-refractivity contribution >= 4 is 29.6 Å². The number of ether oxygens (including phenoxy) is 1. The zero-order valence-corrected chi connectivity index (χ0v) is 12.2. The van der Waals surface area contributed by atoms with E-state index < -0.39 is 12.0 Å². The van der Waals surface area contributed by atoms with Gasteiger partial charge in [-0.05, 0) is 36.8 Å². The molecular formula is C14H15ClN2O4. The SMILES string of the molecule is COC(=O)C(CCCN1C(=O)c2ccccc2C1=O)NCl. The molecule has 1 aliphatic rings. The number of rotatable bonds is 6. The molecule has 0 radical (unpaired) electrons. The first-order valence-corrected chi connectivity index (χ1v) is 6.87. The van der Waals surface area contributed by atoms with E-state index in [4.69, 9.17) is 11.8 Å². The molecule has 0 saturated carbocycles. The molecule has 0 aliphatic carbocycles. The predicted octanol–water partition coefficient (Wildman–Crippen LogP) is 1.35. The number of fused-ring (bicyclic) bond motifs is 1. The van der Waals surface area contributed by atoms with Crippen LogP contribution in [0.5, 0.6) is 0 Å². The minimum absolute atomic E-state index is 0.235. The third-order valence-electron chi connectivity index (χ3n) is 3.37. The summed E-state index contributed by atoms with van der Waals surface area (Å²) in [6.07, 6.45) is 0.814. The van der Waals surface area contributed by atoms with Crippen LogP contribution >= 0.6 is 11.8 Å². The predicted molar refractivity (Wildman–Crippen MR) is 75.8 cm³/mol. The van der Waals surface area contributed by atoms with Crippen LogP contribution in [0.3, 0.4) is 0 Å². The fourth-order valence-corrected chi connectivity index (χ4v) is 2.45. The number of halogens is 1. The number of benzene rings is 1. The van der Waals surface area contributed by atoms with Crippen molar-refractivity contribution < 1.29 is 19.1 Å². The quantitative estimate of drug-likeness (QED) is 0.487. The third-order valence-corrected chi connectivity index (χ3v) is 3.63. The molecule has 1 N–H and O–H groups in total. The standard InChI is InChI=1S/C14H15ClN2O4/c1-21-14(20)11(16-15)7-4-8-17-12(18)9-5-2-3-6-10(9)13(17)19/h2-3,5-6,11,16H,4,7-8H2,1H3. The van der Waals surface area contributed by atoms with Gasteiger partial charge in [0, 0.05) is 6.54 Å². The van der Waals surface area contributed by atoms with E-state index in [9.17, 15) is 14.4 Å². The molecule has 0 bridgehead atoms. The summed E-state index contributed by atoms with van der Waals surface area (Å²) in [7, 11) is 1.27. The summed E-state index contributed by atoms with van der Waals surface area (Å²) in [6.45, 7) is 0.235. The van der Waals surface area contributed by atoms with Crippen molar-refractivity contribution in [1.29, 1.82) is 0 Å². The normalized spacial score (nSPS) is 15.0. The Bertz CT molecular complexity index is 541. The molecule has 6 nitrogen and oxygen atoms in total. The topological polar surface area (TPSA) is 75.7 Å². The van der Waals surface area contributed by atoms with Gasteiger partial charge in [0.2, 0.25) is 0 Å². The van der Waals surface area contributed by atoms with E-state index in [-0.39, 0.29) is 18.4 Å². The Morgan fingerprint density at radius 1 is 1.29 bits per heavy atom. The van der Waals surface area contributed by atoms with Crippen molar-refractivity contribution in [3.63, 3.8) is 0 Å². The number of amides is 2. The summed E-state index contributed by atoms with van der Waals surface area (Å²) < 4.78 is 4.59. The molecule has 112 valence electrons. The van der Waals surface area contributed by atoms with Crippen LogP contribution in [-0.2, 0) is 9.53 Å². The number of carbonyl (C=O) groups excluding carboxylic acids is 3. The zero-order chi connectivity index (χ0) is 15.4. The van der Waals surface area contributed by atoms with Crippen molar-refractivity contribution in [3.8, 4) is 0 Å². The van der Waals surface area contributed by atoms with Gasteiger partial charge in [0.25, 0.3) is 11.8 Å². The van der Waals surface area contributed by atoms with E-state index >= 15 is 0 Å². The van der Waals surface area contributed by atoms with Gasteiger partial charge in [-0.1, -0.05) is 12.1 Å². The van der Waals surface area contributed by atoms with Gasteiger partial charge in [-0.2, -0.15) is 0 Å². The van der Waals surface area contributed by atoms with E-state index in [1.165, 1.54) is 12.0 Å². The molecule has 0 saturated heterocycles. The molecule has 1 aliphatic heterocycles. The molecule has 1 aromatic rings. The lowest BCUT2D eigenvalue weighted by molar-refractivity contribution is -0.142. The lowest BCUT2D eigenvalue weighted by Gasteiger charge is -2.16. The van der Waals surface area contributed by atoms with Crippen LogP contribution in [0.4, 0.5) is 0 Å². The van der Waals surface area contributed by atoms with Crippen LogP contribution in [0.2, 0.25) is 0 Å². The van der Waals surface area contributed by atoms with Gasteiger partial charge in [-0.25, -0.2) is 4.84 Å². The van der Waals surface area contributed by atoms with Gasteiger partial charge in [0.05, 0.1) is 18.2 Å². The van der Waals surface area contributed by atoms with Gasteiger partial charge in [-0.15, -0.1) is 0 Å². The maximum absolute atomic E-state index is 12.1. The number of imide groups is 1. The van der Waals surface area contributed by atoms with Crippen molar-refractivity contribution in [1.82, 2.24) is 9.74 Å². The Kier molecular flexibility index (Phi) is 4.93. The Morgan fingerprint density at radius 3 is 2.33 bits per heavy atom. The van der Waals surface area contributed by atoms with Gasteiger partial charge >= 0.3 is 5.97 Å². The molecule has 2 rings (SSSR count). The van der Waals surface area contributed by atoms with Crippen molar-refractivity contribution in [2.24, 2.45) is 0 Å². The number of nitrogens with one attached hydrogen (secondary N) is 1. The van der Waals surface area contributed by atoms with Crippen molar-refractivity contribution in [3.05, 3.63) is 35.4 Å². The zero-order valence-electron chi connectivity index (χ0n) is 11.5. The van der Waals surface area contributed by atoms with Crippen molar-refractivity contribution in [2.45, 2.75) is 18.9 Å². The summed E-state index contributed by atoms with van der Waals surface area (Å²) in [5.74, 6) is -1.08. The molecule has 7 heteroatoms. The Balaban J connectivity index is 1.95. The van der Waals surface area contributed by atoms with Crippen LogP contribution in [0, 0.1) is 0 Å². The Morgan fingerprint density at radius 2 is 1.86 bits per heavy atom. The van der Waals surface area contributed by atoms with Gasteiger partial charge in [0.15, 0.2) is 0 Å². The smallest absolute Gasteiger partial charge is 0.324 e. The Labute approximate surface area is 127 Å². The summed E-state index contributed by atoms with van der Waals surface area (Å²) in [5.41, 5.74) is 0.838. The van der Waals surface area contributed by atoms with Gasteiger partial charge < -0.3 is 4.74 Å². The van der Waals surface area contributed by atoms with E-state index in [1.807, 2.05) is 0 Å². The summed E-state index contributed by atoms with van der Waals surface area (Å²) in [5, 5.41) is 0. The lowest BCUT2D eigenvalue weighted by atomic mass is 10.1. The maximum Gasteiger partial charge on any atom is 0.324 e. The second-order valence-corrected chi connectivity index (χ2v) is 4.85.